The highest BCUT2D eigenvalue weighted by Gasteiger charge is 2.41. The average Bonchev–Trinajstić information content (AvgIpc) is 3.35. The van der Waals surface area contributed by atoms with Gasteiger partial charge in [0.25, 0.3) is 0 Å². The first-order chi connectivity index (χ1) is 17.5. The Balaban J connectivity index is 1.49. The summed E-state index contributed by atoms with van der Waals surface area (Å²) in [4.78, 5) is 27.4. The lowest BCUT2D eigenvalue weighted by Crippen LogP contribution is -2.38. The van der Waals surface area contributed by atoms with Crippen molar-refractivity contribution in [1.29, 1.82) is 5.26 Å². The van der Waals surface area contributed by atoms with Gasteiger partial charge in [-0.1, -0.05) is 83.3 Å². The molecule has 0 fully saturated rings. The van der Waals surface area contributed by atoms with E-state index in [4.69, 9.17) is 5.73 Å². The van der Waals surface area contributed by atoms with Gasteiger partial charge in [-0.15, -0.1) is 10.2 Å². The third-order valence-corrected chi connectivity index (χ3v) is 8.34. The molecule has 180 valence electrons. The van der Waals surface area contributed by atoms with E-state index in [1.54, 1.807) is 17.0 Å². The van der Waals surface area contributed by atoms with Crippen LogP contribution in [0.4, 0.5) is 5.13 Å². The fourth-order valence-corrected chi connectivity index (χ4v) is 6.45. The van der Waals surface area contributed by atoms with Crippen LogP contribution in [0.5, 0.6) is 0 Å². The van der Waals surface area contributed by atoms with Crippen LogP contribution in [0, 0.1) is 18.3 Å². The molecule has 7 nitrogen and oxygen atoms in total. The lowest BCUT2D eigenvalue weighted by atomic mass is 9.75. The zero-order chi connectivity index (χ0) is 25.2. The predicted molar refractivity (Wildman–Crippen MR) is 141 cm³/mol. The smallest absolute Gasteiger partial charge is 0.219 e. The topological polar surface area (TPSA) is 113 Å². The highest BCUT2D eigenvalue weighted by molar-refractivity contribution is 8.01. The molecule has 36 heavy (non-hydrogen) atoms. The average molecular weight is 514 g/mol. The number of nitrogens with zero attached hydrogens (tertiary/aromatic N) is 4. The molecule has 2 aromatic carbocycles. The Morgan fingerprint density at radius 3 is 2.75 bits per heavy atom. The number of anilines is 1. The van der Waals surface area contributed by atoms with Gasteiger partial charge >= 0.3 is 0 Å². The largest absolute Gasteiger partial charge is 0.384 e. The number of rotatable bonds is 6. The summed E-state index contributed by atoms with van der Waals surface area (Å²) in [5.74, 6) is 0.0330. The van der Waals surface area contributed by atoms with Gasteiger partial charge in [-0.05, 0) is 25.3 Å². The summed E-state index contributed by atoms with van der Waals surface area (Å²) in [5, 5.41) is 19.2. The SMILES string of the molecule is Cc1cccc(C2C(C#N)=C(N)N(c3nnc(SCC(=O)c4ccccc4)s3)C3=C2C(=O)CCC3)c1. The van der Waals surface area contributed by atoms with Crippen LogP contribution in [-0.4, -0.2) is 27.5 Å². The van der Waals surface area contributed by atoms with E-state index < -0.39 is 5.92 Å². The van der Waals surface area contributed by atoms with E-state index in [2.05, 4.69) is 16.3 Å². The molecule has 0 saturated heterocycles. The summed E-state index contributed by atoms with van der Waals surface area (Å²) in [7, 11) is 0. The highest BCUT2D eigenvalue weighted by Crippen LogP contribution is 2.47. The summed E-state index contributed by atoms with van der Waals surface area (Å²) in [6, 6.07) is 19.2. The molecule has 2 heterocycles. The van der Waals surface area contributed by atoms with E-state index >= 15 is 0 Å². The van der Waals surface area contributed by atoms with Crippen LogP contribution in [0.25, 0.3) is 0 Å². The van der Waals surface area contributed by atoms with Crippen LogP contribution in [0.1, 0.15) is 46.7 Å². The Hall–Kier alpha value is -3.74. The van der Waals surface area contributed by atoms with Gasteiger partial charge in [-0.25, -0.2) is 0 Å². The second-order valence-electron chi connectivity index (χ2n) is 8.66. The number of nitriles is 1. The third-order valence-electron chi connectivity index (χ3n) is 6.30. The first-order valence-electron chi connectivity index (χ1n) is 11.5. The van der Waals surface area contributed by atoms with Crippen molar-refractivity contribution in [3.63, 3.8) is 0 Å². The summed E-state index contributed by atoms with van der Waals surface area (Å²) in [6.45, 7) is 1.98. The van der Waals surface area contributed by atoms with Crippen LogP contribution in [0.2, 0.25) is 0 Å². The van der Waals surface area contributed by atoms with Crippen LogP contribution >= 0.6 is 23.1 Å². The molecule has 5 rings (SSSR count). The van der Waals surface area contributed by atoms with Crippen molar-refractivity contribution in [2.75, 3.05) is 10.7 Å². The molecule has 1 aliphatic carbocycles. The van der Waals surface area contributed by atoms with Crippen molar-refractivity contribution in [3.05, 3.63) is 94.0 Å². The number of hydrogen-bond donors (Lipinski definition) is 1. The van der Waals surface area contributed by atoms with Gasteiger partial charge in [0.05, 0.1) is 23.3 Å². The van der Waals surface area contributed by atoms with Crippen LogP contribution in [0.15, 0.2) is 81.6 Å². The molecule has 0 saturated carbocycles. The Kier molecular flexibility index (Phi) is 6.72. The Morgan fingerprint density at radius 2 is 2.00 bits per heavy atom. The number of Topliss-reactive ketones (excluding diaryl/α,β-unsaturated/α-hetero) is 2. The van der Waals surface area contributed by atoms with Gasteiger partial charge in [0, 0.05) is 23.3 Å². The molecule has 1 unspecified atom stereocenters. The summed E-state index contributed by atoms with van der Waals surface area (Å²) < 4.78 is 0.616. The maximum atomic E-state index is 13.2. The number of nitrogens with two attached hydrogens (primary N) is 1. The second-order valence-corrected chi connectivity index (χ2v) is 10.8. The van der Waals surface area contributed by atoms with E-state index in [9.17, 15) is 14.9 Å². The van der Waals surface area contributed by atoms with Crippen LogP contribution in [-0.2, 0) is 4.79 Å². The minimum Gasteiger partial charge on any atom is -0.384 e. The van der Waals surface area contributed by atoms with Gasteiger partial charge in [-0.2, -0.15) is 5.26 Å². The van der Waals surface area contributed by atoms with Gasteiger partial charge in [-0.3, -0.25) is 14.5 Å². The molecule has 2 N–H and O–H groups in total. The number of ketones is 2. The predicted octanol–water partition coefficient (Wildman–Crippen LogP) is 5.13. The number of benzene rings is 2. The molecule has 3 aromatic rings. The monoisotopic (exact) mass is 513 g/mol. The number of hydrogen-bond acceptors (Lipinski definition) is 9. The number of aryl methyl sites for hydroxylation is 1. The highest BCUT2D eigenvalue weighted by atomic mass is 32.2. The Morgan fingerprint density at radius 1 is 1.19 bits per heavy atom. The zero-order valence-electron chi connectivity index (χ0n) is 19.6. The summed E-state index contributed by atoms with van der Waals surface area (Å²) in [6.07, 6.45) is 1.79. The van der Waals surface area contributed by atoms with Crippen molar-refractivity contribution in [3.8, 4) is 6.07 Å². The van der Waals surface area contributed by atoms with Crippen molar-refractivity contribution < 1.29 is 9.59 Å². The number of carbonyl (C=O) groups excluding carboxylic acids is 2. The number of allylic oxidation sites excluding steroid dienone is 3. The molecule has 0 amide bonds. The maximum absolute atomic E-state index is 13.2. The number of thioether (sulfide) groups is 1. The van der Waals surface area contributed by atoms with Gasteiger partial charge in [0.1, 0.15) is 5.82 Å². The van der Waals surface area contributed by atoms with E-state index in [1.807, 2.05) is 49.4 Å². The lowest BCUT2D eigenvalue weighted by Gasteiger charge is -2.38. The first kappa shape index (κ1) is 24.0. The second kappa shape index (κ2) is 10.1. The van der Waals surface area contributed by atoms with Crippen molar-refractivity contribution in [2.45, 2.75) is 36.4 Å². The maximum Gasteiger partial charge on any atom is 0.219 e. The first-order valence-corrected chi connectivity index (χ1v) is 13.4. The van der Waals surface area contributed by atoms with E-state index in [0.29, 0.717) is 45.4 Å². The normalized spacial score (nSPS) is 17.7. The molecule has 2 aliphatic rings. The molecule has 1 atom stereocenters. The number of aromatic nitrogens is 2. The Labute approximate surface area is 217 Å². The minimum atomic E-state index is -0.501. The van der Waals surface area contributed by atoms with Crippen molar-refractivity contribution in [2.24, 2.45) is 5.73 Å². The van der Waals surface area contributed by atoms with E-state index in [0.717, 1.165) is 16.8 Å². The molecular weight excluding hydrogens is 490 g/mol. The molecule has 1 aliphatic heterocycles. The number of carbonyl (C=O) groups is 2. The van der Waals surface area contributed by atoms with Crippen LogP contribution in [0.3, 0.4) is 0 Å². The molecular formula is C27H23N5O2S2. The van der Waals surface area contributed by atoms with Gasteiger partial charge < -0.3 is 5.73 Å². The molecule has 0 bridgehead atoms. The van der Waals surface area contributed by atoms with Crippen LogP contribution < -0.4 is 10.6 Å². The molecule has 1 aromatic heterocycles. The lowest BCUT2D eigenvalue weighted by molar-refractivity contribution is -0.116. The summed E-state index contributed by atoms with van der Waals surface area (Å²) >= 11 is 2.60. The van der Waals surface area contributed by atoms with Gasteiger partial charge in [0.15, 0.2) is 15.9 Å². The minimum absolute atomic E-state index is 0.00497. The van der Waals surface area contributed by atoms with E-state index in [-0.39, 0.29) is 23.1 Å². The van der Waals surface area contributed by atoms with E-state index in [1.165, 1.54) is 23.1 Å². The summed E-state index contributed by atoms with van der Waals surface area (Å²) in [5.41, 5.74) is 10.9. The molecule has 9 heteroatoms. The fraction of sp³-hybridized carbons (Fsp3) is 0.222. The van der Waals surface area contributed by atoms with Crippen molar-refractivity contribution >= 4 is 39.8 Å². The zero-order valence-corrected chi connectivity index (χ0v) is 21.2. The third kappa shape index (κ3) is 4.45. The Bertz CT molecular complexity index is 1450. The fourth-order valence-electron chi connectivity index (χ4n) is 4.67. The molecule has 0 spiro atoms. The van der Waals surface area contributed by atoms with Crippen molar-refractivity contribution in [1.82, 2.24) is 10.2 Å². The van der Waals surface area contributed by atoms with Gasteiger partial charge in [0.2, 0.25) is 5.13 Å². The quantitative estimate of drug-likeness (QED) is 0.357. The molecule has 0 radical (unpaired) electrons. The standard InChI is InChI=1S/C27H23N5O2S2/c1-16-7-5-10-18(13-16)23-19(14-28)25(29)32(20-11-6-12-21(33)24(20)23)26-30-31-27(36-26)35-15-22(34)17-8-3-2-4-9-17/h2-5,7-10,13,23H,6,11-12,15,29H2,1H3.